The molecule has 1 heterocycles. The Bertz CT molecular complexity index is 945. The van der Waals surface area contributed by atoms with E-state index in [4.69, 9.17) is 4.42 Å². The molecule has 136 valence electrons. The van der Waals surface area contributed by atoms with Gasteiger partial charge in [-0.05, 0) is 42.3 Å². The second kappa shape index (κ2) is 8.67. The summed E-state index contributed by atoms with van der Waals surface area (Å²) in [5.74, 6) is -0.275. The summed E-state index contributed by atoms with van der Waals surface area (Å²) in [6.07, 6.45) is 3.02. The van der Waals surface area contributed by atoms with Crippen LogP contribution in [0.15, 0.2) is 83.1 Å². The van der Waals surface area contributed by atoms with E-state index in [1.54, 1.807) is 36.4 Å². The third-order valence-corrected chi connectivity index (χ3v) is 4.06. The van der Waals surface area contributed by atoms with Gasteiger partial charge in [0.1, 0.15) is 11.5 Å². The largest absolute Gasteiger partial charge is 0.465 e. The van der Waals surface area contributed by atoms with E-state index >= 15 is 0 Å². The van der Waals surface area contributed by atoms with E-state index in [0.29, 0.717) is 17.9 Å². The van der Waals surface area contributed by atoms with Crippen molar-refractivity contribution in [3.8, 4) is 0 Å². The standard InChI is InChI=1S/C22H20N2O3/c1-16-8-5-6-11-18(16)15-23-22(26)20(14-19-12-7-13-27-19)24-21(25)17-9-3-2-4-10-17/h2-14H,15H2,1H3,(H,23,26)(H,24,25)/b20-14-. The van der Waals surface area contributed by atoms with Gasteiger partial charge in [-0.2, -0.15) is 0 Å². The zero-order valence-electron chi connectivity index (χ0n) is 14.9. The molecule has 0 aliphatic rings. The van der Waals surface area contributed by atoms with Crippen molar-refractivity contribution >= 4 is 17.9 Å². The minimum absolute atomic E-state index is 0.118. The number of aryl methyl sites for hydroxylation is 1. The Kier molecular flexibility index (Phi) is 5.84. The van der Waals surface area contributed by atoms with Crippen LogP contribution >= 0.6 is 0 Å². The molecule has 0 atom stereocenters. The average molecular weight is 360 g/mol. The van der Waals surface area contributed by atoms with Crippen molar-refractivity contribution in [3.05, 3.63) is 101 Å². The molecule has 0 unspecified atom stereocenters. The molecule has 27 heavy (non-hydrogen) atoms. The van der Waals surface area contributed by atoms with E-state index in [-0.39, 0.29) is 17.5 Å². The highest BCUT2D eigenvalue weighted by Crippen LogP contribution is 2.10. The highest BCUT2D eigenvalue weighted by Gasteiger charge is 2.15. The first-order valence-corrected chi connectivity index (χ1v) is 8.58. The molecule has 5 nitrogen and oxygen atoms in total. The van der Waals surface area contributed by atoms with Crippen LogP contribution in [-0.4, -0.2) is 11.8 Å². The normalized spacial score (nSPS) is 11.1. The predicted octanol–water partition coefficient (Wildman–Crippen LogP) is 3.68. The van der Waals surface area contributed by atoms with E-state index < -0.39 is 0 Å². The van der Waals surface area contributed by atoms with Crippen LogP contribution in [0.4, 0.5) is 0 Å². The summed E-state index contributed by atoms with van der Waals surface area (Å²) in [5.41, 5.74) is 2.68. The van der Waals surface area contributed by atoms with Crippen molar-refractivity contribution in [2.75, 3.05) is 0 Å². The van der Waals surface area contributed by atoms with Crippen molar-refractivity contribution in [3.63, 3.8) is 0 Å². The zero-order valence-corrected chi connectivity index (χ0v) is 14.9. The number of hydrogen-bond donors (Lipinski definition) is 2. The van der Waals surface area contributed by atoms with E-state index in [1.807, 2.05) is 37.3 Å². The molecule has 5 heteroatoms. The van der Waals surface area contributed by atoms with Gasteiger partial charge in [-0.15, -0.1) is 0 Å². The third-order valence-electron chi connectivity index (χ3n) is 4.06. The van der Waals surface area contributed by atoms with E-state index in [9.17, 15) is 9.59 Å². The fraction of sp³-hybridized carbons (Fsp3) is 0.0909. The number of rotatable bonds is 6. The Balaban J connectivity index is 1.76. The van der Waals surface area contributed by atoms with Crippen molar-refractivity contribution in [2.24, 2.45) is 0 Å². The second-order valence-electron chi connectivity index (χ2n) is 6.00. The van der Waals surface area contributed by atoms with Crippen molar-refractivity contribution in [2.45, 2.75) is 13.5 Å². The lowest BCUT2D eigenvalue weighted by Crippen LogP contribution is -2.34. The van der Waals surface area contributed by atoms with E-state index in [2.05, 4.69) is 10.6 Å². The molecule has 2 N–H and O–H groups in total. The maximum Gasteiger partial charge on any atom is 0.268 e. The molecule has 0 spiro atoms. The van der Waals surface area contributed by atoms with E-state index in [1.165, 1.54) is 12.3 Å². The highest BCUT2D eigenvalue weighted by atomic mass is 16.3. The first-order valence-electron chi connectivity index (χ1n) is 8.58. The Morgan fingerprint density at radius 2 is 1.70 bits per heavy atom. The number of carbonyl (C=O) groups excluding carboxylic acids is 2. The fourth-order valence-electron chi connectivity index (χ4n) is 2.54. The van der Waals surface area contributed by atoms with Gasteiger partial charge in [-0.1, -0.05) is 42.5 Å². The minimum Gasteiger partial charge on any atom is -0.465 e. The summed E-state index contributed by atoms with van der Waals surface area (Å²) in [7, 11) is 0. The summed E-state index contributed by atoms with van der Waals surface area (Å²) in [5, 5.41) is 5.52. The first-order chi connectivity index (χ1) is 13.1. The zero-order chi connectivity index (χ0) is 19.1. The van der Waals surface area contributed by atoms with Gasteiger partial charge < -0.3 is 15.1 Å². The number of carbonyl (C=O) groups is 2. The van der Waals surface area contributed by atoms with Crippen LogP contribution in [0.1, 0.15) is 27.2 Å². The van der Waals surface area contributed by atoms with Crippen LogP contribution in [0.3, 0.4) is 0 Å². The molecule has 0 saturated carbocycles. The molecule has 0 saturated heterocycles. The SMILES string of the molecule is Cc1ccccc1CNC(=O)/C(=C/c1ccco1)NC(=O)c1ccccc1. The summed E-state index contributed by atoms with van der Waals surface area (Å²) < 4.78 is 5.28. The summed E-state index contributed by atoms with van der Waals surface area (Å²) in [6, 6.07) is 20.0. The smallest absolute Gasteiger partial charge is 0.268 e. The minimum atomic E-state index is -0.390. The number of furan rings is 1. The van der Waals surface area contributed by atoms with Gasteiger partial charge >= 0.3 is 0 Å². The summed E-state index contributed by atoms with van der Waals surface area (Å²) in [6.45, 7) is 2.35. The topological polar surface area (TPSA) is 71.3 Å². The molecule has 0 radical (unpaired) electrons. The quantitative estimate of drug-likeness (QED) is 0.659. The van der Waals surface area contributed by atoms with Crippen molar-refractivity contribution < 1.29 is 14.0 Å². The molecule has 1 aromatic heterocycles. The lowest BCUT2D eigenvalue weighted by Gasteiger charge is -2.12. The van der Waals surface area contributed by atoms with Crippen LogP contribution < -0.4 is 10.6 Å². The summed E-state index contributed by atoms with van der Waals surface area (Å²) in [4.78, 5) is 25.1. The van der Waals surface area contributed by atoms with E-state index in [0.717, 1.165) is 11.1 Å². The Labute approximate surface area is 157 Å². The third kappa shape index (κ3) is 4.95. The molecule has 3 rings (SSSR count). The average Bonchev–Trinajstić information content (AvgIpc) is 3.20. The van der Waals surface area contributed by atoms with Gasteiger partial charge in [0.25, 0.3) is 11.8 Å². The molecule has 2 amide bonds. The predicted molar refractivity (Wildman–Crippen MR) is 104 cm³/mol. The van der Waals surface area contributed by atoms with Gasteiger partial charge in [-0.25, -0.2) is 0 Å². The van der Waals surface area contributed by atoms with Crippen LogP contribution in [0, 0.1) is 6.92 Å². The second-order valence-corrected chi connectivity index (χ2v) is 6.00. The van der Waals surface area contributed by atoms with Crippen LogP contribution in [0.5, 0.6) is 0 Å². The van der Waals surface area contributed by atoms with Gasteiger partial charge in [0, 0.05) is 18.2 Å². The number of amides is 2. The monoisotopic (exact) mass is 360 g/mol. The first kappa shape index (κ1) is 18.2. The summed E-state index contributed by atoms with van der Waals surface area (Å²) >= 11 is 0. The van der Waals surface area contributed by atoms with Crippen LogP contribution in [0.2, 0.25) is 0 Å². The maximum atomic E-state index is 12.7. The molecular formula is C22H20N2O3. The molecule has 0 fully saturated rings. The van der Waals surface area contributed by atoms with Gasteiger partial charge in [0.2, 0.25) is 0 Å². The fourth-order valence-corrected chi connectivity index (χ4v) is 2.54. The molecule has 0 bridgehead atoms. The van der Waals surface area contributed by atoms with Gasteiger partial charge in [0.15, 0.2) is 0 Å². The molecule has 0 aliphatic heterocycles. The molecule has 2 aromatic carbocycles. The number of hydrogen-bond acceptors (Lipinski definition) is 3. The Hall–Kier alpha value is -3.60. The van der Waals surface area contributed by atoms with Crippen LogP contribution in [0.25, 0.3) is 6.08 Å². The lowest BCUT2D eigenvalue weighted by molar-refractivity contribution is -0.117. The van der Waals surface area contributed by atoms with Crippen LogP contribution in [-0.2, 0) is 11.3 Å². The van der Waals surface area contributed by atoms with Gasteiger partial charge in [-0.3, -0.25) is 9.59 Å². The van der Waals surface area contributed by atoms with Crippen molar-refractivity contribution in [1.29, 1.82) is 0 Å². The maximum absolute atomic E-state index is 12.7. The number of nitrogens with one attached hydrogen (secondary N) is 2. The molecule has 0 aliphatic carbocycles. The molecular weight excluding hydrogens is 340 g/mol. The van der Waals surface area contributed by atoms with Gasteiger partial charge in [0.05, 0.1) is 6.26 Å². The Morgan fingerprint density at radius 1 is 0.963 bits per heavy atom. The molecule has 3 aromatic rings. The Morgan fingerprint density at radius 3 is 2.41 bits per heavy atom. The lowest BCUT2D eigenvalue weighted by atomic mass is 10.1. The van der Waals surface area contributed by atoms with Crippen molar-refractivity contribution in [1.82, 2.24) is 10.6 Å². The number of benzene rings is 2. The highest BCUT2D eigenvalue weighted by molar-refractivity contribution is 6.05.